The Kier molecular flexibility index (Phi) is 3.72. The molecule has 0 bridgehead atoms. The average molecular weight is 334 g/mol. The summed E-state index contributed by atoms with van der Waals surface area (Å²) in [5.41, 5.74) is 3.18. The number of aromatic nitrogens is 2. The molecule has 2 amide bonds. The molecule has 0 spiro atoms. The fraction of sp³-hybridized carbons (Fsp3) is 0. The number of hydrogen-bond acceptors (Lipinski definition) is 3. The van der Waals surface area contributed by atoms with E-state index in [1.165, 1.54) is 0 Å². The third-order valence-electron chi connectivity index (χ3n) is 3.58. The van der Waals surface area contributed by atoms with Gasteiger partial charge in [0.25, 0.3) is 0 Å². The highest BCUT2D eigenvalue weighted by molar-refractivity contribution is 7.15. The summed E-state index contributed by atoms with van der Waals surface area (Å²) in [7, 11) is 0. The molecule has 118 valence electrons. The lowest BCUT2D eigenvalue weighted by Crippen LogP contribution is -2.19. The maximum atomic E-state index is 12.2. The van der Waals surface area contributed by atoms with Crippen LogP contribution in [-0.2, 0) is 0 Å². The molecule has 24 heavy (non-hydrogen) atoms. The third-order valence-corrected chi connectivity index (χ3v) is 4.35. The summed E-state index contributed by atoms with van der Waals surface area (Å²) in [6, 6.07) is 16.7. The molecule has 0 aliphatic rings. The smallest absolute Gasteiger partial charge is 0.308 e. The summed E-state index contributed by atoms with van der Waals surface area (Å²) in [6.45, 7) is 0. The Hall–Kier alpha value is -3.12. The van der Waals surface area contributed by atoms with E-state index < -0.39 is 0 Å². The predicted octanol–water partition coefficient (Wildman–Crippen LogP) is 4.71. The highest BCUT2D eigenvalue weighted by atomic mass is 32.1. The molecule has 0 fully saturated rings. The molecule has 0 aliphatic carbocycles. The third kappa shape index (κ3) is 2.87. The fourth-order valence-electron chi connectivity index (χ4n) is 2.48. The Morgan fingerprint density at radius 1 is 1.00 bits per heavy atom. The number of imidazole rings is 1. The van der Waals surface area contributed by atoms with Gasteiger partial charge in [-0.25, -0.2) is 9.78 Å². The second kappa shape index (κ2) is 6.17. The van der Waals surface area contributed by atoms with Crippen LogP contribution in [-0.4, -0.2) is 15.4 Å². The summed E-state index contributed by atoms with van der Waals surface area (Å²) in [4.78, 5) is 17.8. The zero-order valence-corrected chi connectivity index (χ0v) is 13.5. The number of thiazole rings is 1. The topological polar surface area (TPSA) is 58.4 Å². The molecular formula is C18H14N4OS. The van der Waals surface area contributed by atoms with E-state index in [-0.39, 0.29) is 6.03 Å². The Labute approximate surface area is 142 Å². The first-order chi connectivity index (χ1) is 11.8. The van der Waals surface area contributed by atoms with Gasteiger partial charge in [0.15, 0.2) is 4.96 Å². The number of benzene rings is 2. The Balaban J connectivity index is 1.59. The van der Waals surface area contributed by atoms with Crippen molar-refractivity contribution in [2.75, 3.05) is 10.6 Å². The van der Waals surface area contributed by atoms with Crippen molar-refractivity contribution in [3.05, 3.63) is 72.4 Å². The van der Waals surface area contributed by atoms with Crippen molar-refractivity contribution >= 4 is 33.7 Å². The van der Waals surface area contributed by atoms with Crippen molar-refractivity contribution < 1.29 is 4.79 Å². The second-order valence-corrected chi connectivity index (χ2v) is 6.08. The van der Waals surface area contributed by atoms with Crippen LogP contribution in [0.3, 0.4) is 0 Å². The summed E-state index contributed by atoms with van der Waals surface area (Å²) in [5, 5.41) is 7.70. The van der Waals surface area contributed by atoms with Crippen molar-refractivity contribution in [1.82, 2.24) is 9.38 Å². The largest absolute Gasteiger partial charge is 0.323 e. The van der Waals surface area contributed by atoms with Crippen molar-refractivity contribution in [1.29, 1.82) is 0 Å². The van der Waals surface area contributed by atoms with Crippen molar-refractivity contribution in [3.8, 4) is 11.3 Å². The maximum Gasteiger partial charge on any atom is 0.323 e. The minimum atomic E-state index is -0.283. The summed E-state index contributed by atoms with van der Waals surface area (Å²) >= 11 is 1.58. The average Bonchev–Trinajstić information content (AvgIpc) is 3.18. The van der Waals surface area contributed by atoms with Gasteiger partial charge in [0.1, 0.15) is 0 Å². The molecule has 2 aromatic heterocycles. The SMILES string of the molecule is O=C(Nc1ccccc1)Nc1ccccc1-c1cn2ccsc2n1. The molecule has 0 atom stereocenters. The van der Waals surface area contributed by atoms with E-state index >= 15 is 0 Å². The summed E-state index contributed by atoms with van der Waals surface area (Å²) < 4.78 is 1.97. The molecule has 6 heteroatoms. The molecule has 0 aliphatic heterocycles. The van der Waals surface area contributed by atoms with Gasteiger partial charge in [0.2, 0.25) is 0 Å². The molecule has 0 saturated heterocycles. The maximum absolute atomic E-state index is 12.2. The van der Waals surface area contributed by atoms with E-state index in [4.69, 9.17) is 0 Å². The molecule has 2 heterocycles. The normalized spacial score (nSPS) is 10.7. The number of rotatable bonds is 3. The number of anilines is 2. The van der Waals surface area contributed by atoms with Crippen LogP contribution in [0.5, 0.6) is 0 Å². The lowest BCUT2D eigenvalue weighted by Gasteiger charge is -2.10. The van der Waals surface area contributed by atoms with Crippen LogP contribution >= 0.6 is 11.3 Å². The van der Waals surface area contributed by atoms with Gasteiger partial charge in [-0.2, -0.15) is 0 Å². The molecule has 5 nitrogen and oxygen atoms in total. The lowest BCUT2D eigenvalue weighted by molar-refractivity contribution is 0.262. The first-order valence-corrected chi connectivity index (χ1v) is 8.32. The van der Waals surface area contributed by atoms with Crippen LogP contribution in [0.1, 0.15) is 0 Å². The predicted molar refractivity (Wildman–Crippen MR) is 97.6 cm³/mol. The van der Waals surface area contributed by atoms with Gasteiger partial charge in [0.05, 0.1) is 11.4 Å². The van der Waals surface area contributed by atoms with E-state index in [0.717, 1.165) is 27.6 Å². The number of para-hydroxylation sites is 2. The van der Waals surface area contributed by atoms with Gasteiger partial charge >= 0.3 is 6.03 Å². The molecule has 0 saturated carbocycles. The van der Waals surface area contributed by atoms with Gasteiger partial charge in [-0.1, -0.05) is 36.4 Å². The number of carbonyl (C=O) groups excluding carboxylic acids is 1. The van der Waals surface area contributed by atoms with Crippen LogP contribution in [0, 0.1) is 0 Å². The van der Waals surface area contributed by atoms with E-state index in [0.29, 0.717) is 0 Å². The van der Waals surface area contributed by atoms with E-state index in [2.05, 4.69) is 15.6 Å². The minimum absolute atomic E-state index is 0.283. The van der Waals surface area contributed by atoms with Gasteiger partial charge in [-0.15, -0.1) is 11.3 Å². The number of fused-ring (bicyclic) bond motifs is 1. The number of urea groups is 1. The van der Waals surface area contributed by atoms with Crippen molar-refractivity contribution in [3.63, 3.8) is 0 Å². The fourth-order valence-corrected chi connectivity index (χ4v) is 3.18. The number of nitrogens with one attached hydrogen (secondary N) is 2. The molecule has 2 N–H and O–H groups in total. The monoisotopic (exact) mass is 334 g/mol. The molecule has 0 radical (unpaired) electrons. The Bertz CT molecular complexity index is 962. The molecular weight excluding hydrogens is 320 g/mol. The van der Waals surface area contributed by atoms with Gasteiger partial charge in [-0.05, 0) is 18.2 Å². The molecule has 2 aromatic carbocycles. The van der Waals surface area contributed by atoms with E-state index in [1.54, 1.807) is 11.3 Å². The van der Waals surface area contributed by atoms with Crippen molar-refractivity contribution in [2.45, 2.75) is 0 Å². The highest BCUT2D eigenvalue weighted by Gasteiger charge is 2.11. The number of amides is 2. The summed E-state index contributed by atoms with van der Waals surface area (Å²) in [5.74, 6) is 0. The van der Waals surface area contributed by atoms with Crippen LogP contribution in [0.25, 0.3) is 16.2 Å². The minimum Gasteiger partial charge on any atom is -0.308 e. The molecule has 4 rings (SSSR count). The first-order valence-electron chi connectivity index (χ1n) is 7.44. The number of hydrogen-bond donors (Lipinski definition) is 2. The van der Waals surface area contributed by atoms with Crippen LogP contribution in [0.4, 0.5) is 16.2 Å². The zero-order valence-electron chi connectivity index (χ0n) is 12.6. The van der Waals surface area contributed by atoms with E-state index in [1.807, 2.05) is 76.8 Å². The summed E-state index contributed by atoms with van der Waals surface area (Å²) in [6.07, 6.45) is 3.93. The zero-order chi connectivity index (χ0) is 16.4. The highest BCUT2D eigenvalue weighted by Crippen LogP contribution is 2.28. The number of carbonyl (C=O) groups is 1. The van der Waals surface area contributed by atoms with Gasteiger partial charge in [-0.3, -0.25) is 4.40 Å². The molecule has 0 unspecified atom stereocenters. The molecule has 4 aromatic rings. The van der Waals surface area contributed by atoms with E-state index in [9.17, 15) is 4.79 Å². The van der Waals surface area contributed by atoms with Crippen molar-refractivity contribution in [2.24, 2.45) is 0 Å². The Morgan fingerprint density at radius 2 is 1.79 bits per heavy atom. The van der Waals surface area contributed by atoms with Crippen LogP contribution in [0.2, 0.25) is 0 Å². The number of nitrogens with zero attached hydrogens (tertiary/aromatic N) is 2. The quantitative estimate of drug-likeness (QED) is 0.570. The lowest BCUT2D eigenvalue weighted by atomic mass is 10.1. The second-order valence-electron chi connectivity index (χ2n) is 5.21. The first kappa shape index (κ1) is 14.5. The standard InChI is InChI=1S/C18H14N4OS/c23-17(19-13-6-2-1-3-7-13)20-15-9-5-4-8-14(15)16-12-22-10-11-24-18(22)21-16/h1-12H,(H2,19,20,23). The van der Waals surface area contributed by atoms with Gasteiger partial charge < -0.3 is 10.6 Å². The van der Waals surface area contributed by atoms with Gasteiger partial charge in [0, 0.05) is 29.0 Å². The van der Waals surface area contributed by atoms with Crippen LogP contribution in [0.15, 0.2) is 72.4 Å². The van der Waals surface area contributed by atoms with Crippen LogP contribution < -0.4 is 10.6 Å². The Morgan fingerprint density at radius 3 is 2.62 bits per heavy atom.